The molecule has 0 aromatic carbocycles. The van der Waals surface area contributed by atoms with Gasteiger partial charge in [-0.05, 0) is 44.9 Å². The van der Waals surface area contributed by atoms with Gasteiger partial charge in [0.2, 0.25) is 5.91 Å². The molecule has 0 fully saturated rings. The summed E-state index contributed by atoms with van der Waals surface area (Å²) in [6.07, 6.45) is 3.81. The van der Waals surface area contributed by atoms with Crippen molar-refractivity contribution in [2.45, 2.75) is 64.6 Å². The number of carbonyl (C=O) groups is 1. The Hall–Kier alpha value is -1.14. The predicted molar refractivity (Wildman–Crippen MR) is 94.7 cm³/mol. The fraction of sp³-hybridized carbons (Fsp3) is 0.706. The molecule has 23 heavy (non-hydrogen) atoms. The first kappa shape index (κ1) is 19.9. The fourth-order valence-corrected chi connectivity index (χ4v) is 2.84. The molecule has 0 saturated heterocycles. The SMILES string of the molecule is CC[C@H](C)[C@@](C)(O)CNC(=O)CCc1c(C)nc(SC)nc1C. The monoisotopic (exact) mass is 339 g/mol. The quantitative estimate of drug-likeness (QED) is 0.562. The first-order valence-corrected chi connectivity index (χ1v) is 9.30. The molecule has 0 saturated carbocycles. The summed E-state index contributed by atoms with van der Waals surface area (Å²) in [5.41, 5.74) is 2.02. The molecule has 0 radical (unpaired) electrons. The van der Waals surface area contributed by atoms with Crippen LogP contribution < -0.4 is 5.32 Å². The Kier molecular flexibility index (Phi) is 7.48. The fourth-order valence-electron chi connectivity index (χ4n) is 2.38. The Morgan fingerprint density at radius 1 is 1.35 bits per heavy atom. The summed E-state index contributed by atoms with van der Waals surface area (Å²) in [5.74, 6) is 0.0844. The summed E-state index contributed by atoms with van der Waals surface area (Å²) in [7, 11) is 0. The second kappa shape index (κ2) is 8.64. The van der Waals surface area contributed by atoms with Gasteiger partial charge in [0.05, 0.1) is 5.60 Å². The van der Waals surface area contributed by atoms with Crippen LogP contribution >= 0.6 is 11.8 Å². The Morgan fingerprint density at radius 3 is 2.39 bits per heavy atom. The van der Waals surface area contributed by atoms with Crippen LogP contribution in [-0.4, -0.2) is 39.4 Å². The zero-order valence-corrected chi connectivity index (χ0v) is 15.9. The van der Waals surface area contributed by atoms with Gasteiger partial charge in [0.15, 0.2) is 5.16 Å². The Morgan fingerprint density at radius 2 is 1.91 bits per heavy atom. The van der Waals surface area contributed by atoms with Gasteiger partial charge in [-0.25, -0.2) is 9.97 Å². The molecule has 0 spiro atoms. The van der Waals surface area contributed by atoms with E-state index in [4.69, 9.17) is 0 Å². The standard InChI is InChI=1S/C17H29N3O2S/c1-7-11(2)17(5,22)10-18-15(21)9-8-14-12(3)19-16(23-6)20-13(14)4/h11,22H,7-10H2,1-6H3,(H,18,21)/t11-,17-/m0/s1. The van der Waals surface area contributed by atoms with E-state index in [2.05, 4.69) is 15.3 Å². The third-order valence-corrected chi connectivity index (χ3v) is 5.05. The molecule has 1 aromatic heterocycles. The first-order valence-electron chi connectivity index (χ1n) is 8.08. The Labute approximate surface area is 143 Å². The van der Waals surface area contributed by atoms with Crippen LogP contribution in [-0.2, 0) is 11.2 Å². The van der Waals surface area contributed by atoms with Crippen LogP contribution in [0.25, 0.3) is 0 Å². The Bertz CT molecular complexity index is 524. The lowest BCUT2D eigenvalue weighted by molar-refractivity contribution is -0.122. The summed E-state index contributed by atoms with van der Waals surface area (Å²) in [4.78, 5) is 20.9. The average Bonchev–Trinajstić information content (AvgIpc) is 2.50. The molecule has 2 N–H and O–H groups in total. The number of hydrogen-bond donors (Lipinski definition) is 2. The van der Waals surface area contributed by atoms with Crippen molar-refractivity contribution < 1.29 is 9.90 Å². The third kappa shape index (κ3) is 5.77. The molecule has 0 unspecified atom stereocenters. The van der Waals surface area contributed by atoms with Gasteiger partial charge in [-0.1, -0.05) is 32.0 Å². The molecule has 1 rings (SSSR count). The van der Waals surface area contributed by atoms with Crippen LogP contribution in [0.1, 0.15) is 50.6 Å². The van der Waals surface area contributed by atoms with E-state index >= 15 is 0 Å². The summed E-state index contributed by atoms with van der Waals surface area (Å²) in [6, 6.07) is 0. The molecule has 0 aliphatic heterocycles. The van der Waals surface area contributed by atoms with Gasteiger partial charge in [-0.2, -0.15) is 0 Å². The van der Waals surface area contributed by atoms with E-state index in [0.29, 0.717) is 12.8 Å². The highest BCUT2D eigenvalue weighted by Crippen LogP contribution is 2.19. The summed E-state index contributed by atoms with van der Waals surface area (Å²) in [6.45, 7) is 9.98. The zero-order chi connectivity index (χ0) is 17.6. The van der Waals surface area contributed by atoms with Crippen LogP contribution in [0, 0.1) is 19.8 Å². The van der Waals surface area contributed by atoms with Gasteiger partial charge in [0.25, 0.3) is 0 Å². The van der Waals surface area contributed by atoms with Gasteiger partial charge < -0.3 is 10.4 Å². The minimum Gasteiger partial charge on any atom is -0.388 e. The number of hydrogen-bond acceptors (Lipinski definition) is 5. The number of aromatic nitrogens is 2. The van der Waals surface area contributed by atoms with Crippen LogP contribution in [0.15, 0.2) is 5.16 Å². The van der Waals surface area contributed by atoms with Crippen molar-refractivity contribution >= 4 is 17.7 Å². The minimum atomic E-state index is -0.876. The van der Waals surface area contributed by atoms with Crippen LogP contribution in [0.3, 0.4) is 0 Å². The van der Waals surface area contributed by atoms with Crippen molar-refractivity contribution in [3.8, 4) is 0 Å². The number of thioether (sulfide) groups is 1. The summed E-state index contributed by atoms with van der Waals surface area (Å²) in [5, 5.41) is 13.9. The lowest BCUT2D eigenvalue weighted by Gasteiger charge is -2.29. The maximum absolute atomic E-state index is 12.1. The van der Waals surface area contributed by atoms with E-state index in [9.17, 15) is 9.90 Å². The second-order valence-electron chi connectivity index (χ2n) is 6.30. The number of rotatable bonds is 8. The van der Waals surface area contributed by atoms with Crippen molar-refractivity contribution in [2.75, 3.05) is 12.8 Å². The number of carbonyl (C=O) groups excluding carboxylic acids is 1. The molecule has 6 heteroatoms. The van der Waals surface area contributed by atoms with Crippen molar-refractivity contribution in [3.05, 3.63) is 17.0 Å². The number of amides is 1. The van der Waals surface area contributed by atoms with Crippen molar-refractivity contribution in [1.82, 2.24) is 15.3 Å². The summed E-state index contributed by atoms with van der Waals surface area (Å²) < 4.78 is 0. The predicted octanol–water partition coefficient (Wildman–Crippen LogP) is 2.66. The maximum Gasteiger partial charge on any atom is 0.220 e. The average molecular weight is 340 g/mol. The molecule has 0 aliphatic carbocycles. The van der Waals surface area contributed by atoms with Gasteiger partial charge in [0, 0.05) is 24.4 Å². The molecule has 1 heterocycles. The van der Waals surface area contributed by atoms with Crippen molar-refractivity contribution in [2.24, 2.45) is 5.92 Å². The Balaban J connectivity index is 2.57. The number of aliphatic hydroxyl groups is 1. The molecule has 5 nitrogen and oxygen atoms in total. The minimum absolute atomic E-state index is 0.0543. The largest absolute Gasteiger partial charge is 0.388 e. The van der Waals surface area contributed by atoms with Crippen LogP contribution in [0.2, 0.25) is 0 Å². The molecule has 2 atom stereocenters. The number of nitrogens with zero attached hydrogens (tertiary/aromatic N) is 2. The number of aryl methyl sites for hydroxylation is 2. The molecular weight excluding hydrogens is 310 g/mol. The van der Waals surface area contributed by atoms with Gasteiger partial charge in [-0.3, -0.25) is 4.79 Å². The lowest BCUT2D eigenvalue weighted by Crippen LogP contribution is -2.45. The van der Waals surface area contributed by atoms with Gasteiger partial charge >= 0.3 is 0 Å². The van der Waals surface area contributed by atoms with Gasteiger partial charge in [-0.15, -0.1) is 0 Å². The number of nitrogens with one attached hydrogen (secondary N) is 1. The zero-order valence-electron chi connectivity index (χ0n) is 15.1. The van der Waals surface area contributed by atoms with Crippen LogP contribution in [0.4, 0.5) is 0 Å². The van der Waals surface area contributed by atoms with E-state index < -0.39 is 5.60 Å². The smallest absolute Gasteiger partial charge is 0.220 e. The van der Waals surface area contributed by atoms with E-state index in [0.717, 1.165) is 28.5 Å². The van der Waals surface area contributed by atoms with Crippen molar-refractivity contribution in [3.63, 3.8) is 0 Å². The van der Waals surface area contributed by atoms with Crippen LogP contribution in [0.5, 0.6) is 0 Å². The van der Waals surface area contributed by atoms with E-state index in [1.54, 1.807) is 6.92 Å². The normalized spacial score (nSPS) is 15.1. The first-order chi connectivity index (χ1) is 10.7. The highest BCUT2D eigenvalue weighted by molar-refractivity contribution is 7.98. The molecule has 130 valence electrons. The summed E-state index contributed by atoms with van der Waals surface area (Å²) >= 11 is 1.52. The third-order valence-electron chi connectivity index (χ3n) is 4.50. The topological polar surface area (TPSA) is 75.1 Å². The molecule has 1 aromatic rings. The molecule has 0 bridgehead atoms. The molecule has 0 aliphatic rings. The van der Waals surface area contributed by atoms with Gasteiger partial charge in [0.1, 0.15) is 0 Å². The molecule has 1 amide bonds. The van der Waals surface area contributed by atoms with Crippen molar-refractivity contribution in [1.29, 1.82) is 0 Å². The highest BCUT2D eigenvalue weighted by Gasteiger charge is 2.27. The molecular formula is C17H29N3O2S. The van der Waals surface area contributed by atoms with E-state index in [1.807, 2.05) is 34.0 Å². The van der Waals surface area contributed by atoms with E-state index in [-0.39, 0.29) is 18.4 Å². The maximum atomic E-state index is 12.1. The lowest BCUT2D eigenvalue weighted by atomic mass is 9.88. The second-order valence-corrected chi connectivity index (χ2v) is 7.08. The highest BCUT2D eigenvalue weighted by atomic mass is 32.2. The van der Waals surface area contributed by atoms with E-state index in [1.165, 1.54) is 11.8 Å².